The monoisotopic (exact) mass is 449 g/mol. The number of rotatable bonds is 7. The largest absolute Gasteiger partial charge is 0.496 e. The van der Waals surface area contributed by atoms with Crippen LogP contribution in [0.3, 0.4) is 0 Å². The highest BCUT2D eigenvalue weighted by atomic mass is 35.5. The smallest absolute Gasteiger partial charge is 0.259 e. The molecule has 3 N–H and O–H groups in total. The standard InChI is InChI=1S/C21H30ClN6O3/c1-6-26(7-2)16(29)8-14-10-27(20-17(14)19(22)24-21(23)25-20)11-15-13(4)18(31-5)12(3)9-28(15)30/h9,14,30H,6-8,10-11H2,1-5H3,(H2,23,24,25)/q+1. The van der Waals surface area contributed by atoms with Gasteiger partial charge in [-0.15, -0.1) is 0 Å². The van der Waals surface area contributed by atoms with Gasteiger partial charge in [0.2, 0.25) is 18.1 Å². The molecule has 0 bridgehead atoms. The molecular weight excluding hydrogens is 420 g/mol. The van der Waals surface area contributed by atoms with Crippen molar-refractivity contribution in [1.29, 1.82) is 0 Å². The van der Waals surface area contributed by atoms with Gasteiger partial charge >= 0.3 is 0 Å². The number of carbonyl (C=O) groups is 1. The van der Waals surface area contributed by atoms with Crippen LogP contribution >= 0.6 is 11.6 Å². The van der Waals surface area contributed by atoms with Gasteiger partial charge in [-0.2, -0.15) is 4.98 Å². The van der Waals surface area contributed by atoms with Crippen molar-refractivity contribution in [2.75, 3.05) is 37.4 Å². The van der Waals surface area contributed by atoms with Crippen molar-refractivity contribution in [2.45, 2.75) is 46.6 Å². The summed E-state index contributed by atoms with van der Waals surface area (Å²) < 4.78 is 6.61. The molecule has 31 heavy (non-hydrogen) atoms. The topological polar surface area (TPSA) is 109 Å². The van der Waals surface area contributed by atoms with Crippen molar-refractivity contribution >= 4 is 29.3 Å². The number of nitrogens with zero attached hydrogens (tertiary/aromatic N) is 5. The average molecular weight is 450 g/mol. The number of nitrogens with two attached hydrogens (primary N) is 1. The summed E-state index contributed by atoms with van der Waals surface area (Å²) in [5, 5.41) is 10.8. The second-order valence-electron chi connectivity index (χ2n) is 7.72. The Morgan fingerprint density at radius 2 is 2.06 bits per heavy atom. The number of carbonyl (C=O) groups excluding carboxylic acids is 1. The Bertz CT molecular complexity index is 996. The first-order valence-corrected chi connectivity index (χ1v) is 10.7. The molecule has 0 radical (unpaired) electrons. The van der Waals surface area contributed by atoms with Crippen LogP contribution in [-0.4, -0.2) is 52.7 Å². The maximum Gasteiger partial charge on any atom is 0.259 e. The molecule has 1 aliphatic rings. The minimum atomic E-state index is -0.170. The number of ether oxygens (including phenoxy) is 1. The maximum absolute atomic E-state index is 12.8. The summed E-state index contributed by atoms with van der Waals surface area (Å²) >= 11 is 6.44. The lowest BCUT2D eigenvalue weighted by Crippen LogP contribution is -2.40. The van der Waals surface area contributed by atoms with Crippen molar-refractivity contribution in [2.24, 2.45) is 0 Å². The SMILES string of the molecule is CCN(CC)C(=O)CC1CN(Cc2c(C)c(OC)c(C)c[n+]2O)c2nc(N)nc(Cl)c21. The van der Waals surface area contributed by atoms with Crippen molar-refractivity contribution < 1.29 is 19.5 Å². The molecule has 1 amide bonds. The van der Waals surface area contributed by atoms with Gasteiger partial charge in [0.05, 0.1) is 18.2 Å². The van der Waals surface area contributed by atoms with E-state index < -0.39 is 0 Å². The number of amides is 1. The number of aryl methyl sites for hydroxylation is 1. The number of hydrogen-bond acceptors (Lipinski definition) is 7. The number of anilines is 2. The van der Waals surface area contributed by atoms with Gasteiger partial charge in [-0.1, -0.05) is 11.6 Å². The first-order chi connectivity index (χ1) is 14.7. The molecule has 0 saturated heterocycles. The van der Waals surface area contributed by atoms with E-state index in [9.17, 15) is 10.0 Å². The van der Waals surface area contributed by atoms with Crippen LogP contribution in [0.15, 0.2) is 6.20 Å². The van der Waals surface area contributed by atoms with Crippen molar-refractivity contribution in [3.63, 3.8) is 0 Å². The molecular formula is C21H30ClN6O3+. The minimum absolute atomic E-state index is 0.0566. The summed E-state index contributed by atoms with van der Waals surface area (Å²) in [5.74, 6) is 1.26. The van der Waals surface area contributed by atoms with Crippen LogP contribution < -0.4 is 20.1 Å². The highest BCUT2D eigenvalue weighted by Crippen LogP contribution is 2.42. The highest BCUT2D eigenvalue weighted by Gasteiger charge is 2.37. The van der Waals surface area contributed by atoms with E-state index in [0.29, 0.717) is 49.9 Å². The van der Waals surface area contributed by atoms with E-state index in [1.165, 1.54) is 0 Å². The minimum Gasteiger partial charge on any atom is -0.496 e. The van der Waals surface area contributed by atoms with E-state index in [1.807, 2.05) is 32.6 Å². The van der Waals surface area contributed by atoms with Gasteiger partial charge in [-0.3, -0.25) is 10.0 Å². The Balaban J connectivity index is 1.98. The normalized spacial score (nSPS) is 15.2. The van der Waals surface area contributed by atoms with Crippen LogP contribution in [-0.2, 0) is 11.3 Å². The van der Waals surface area contributed by atoms with Crippen LogP contribution in [0.25, 0.3) is 0 Å². The number of hydrogen-bond donors (Lipinski definition) is 2. The Kier molecular flexibility index (Phi) is 6.74. The van der Waals surface area contributed by atoms with E-state index in [2.05, 4.69) is 9.97 Å². The zero-order valence-corrected chi connectivity index (χ0v) is 19.4. The van der Waals surface area contributed by atoms with Crippen LogP contribution in [0.5, 0.6) is 5.75 Å². The molecule has 0 fully saturated rings. The quantitative estimate of drug-likeness (QED) is 0.379. The lowest BCUT2D eigenvalue weighted by atomic mass is 9.99. The Morgan fingerprint density at radius 1 is 1.39 bits per heavy atom. The maximum atomic E-state index is 12.8. The molecule has 0 spiro atoms. The molecule has 10 heteroatoms. The van der Waals surface area contributed by atoms with Crippen LogP contribution in [0, 0.1) is 13.8 Å². The third kappa shape index (κ3) is 4.32. The Labute approximate surface area is 187 Å². The predicted octanol–water partition coefficient (Wildman–Crippen LogP) is 2.22. The van der Waals surface area contributed by atoms with E-state index >= 15 is 0 Å². The predicted molar refractivity (Wildman–Crippen MR) is 118 cm³/mol. The Morgan fingerprint density at radius 3 is 2.68 bits per heavy atom. The zero-order chi connectivity index (χ0) is 22.9. The highest BCUT2D eigenvalue weighted by molar-refractivity contribution is 6.30. The van der Waals surface area contributed by atoms with Crippen molar-refractivity contribution in [3.8, 4) is 5.75 Å². The molecule has 3 heterocycles. The van der Waals surface area contributed by atoms with Gasteiger partial charge in [0.1, 0.15) is 23.3 Å². The lowest BCUT2D eigenvalue weighted by Gasteiger charge is -2.21. The molecule has 3 rings (SSSR count). The average Bonchev–Trinajstić information content (AvgIpc) is 3.03. The number of aromatic nitrogens is 3. The van der Waals surface area contributed by atoms with E-state index in [1.54, 1.807) is 18.2 Å². The van der Waals surface area contributed by atoms with Crippen LogP contribution in [0.4, 0.5) is 11.8 Å². The summed E-state index contributed by atoms with van der Waals surface area (Å²) in [6.07, 6.45) is 1.91. The molecule has 1 aliphatic heterocycles. The molecule has 2 aromatic rings. The fourth-order valence-electron chi connectivity index (χ4n) is 4.31. The van der Waals surface area contributed by atoms with Gasteiger partial charge in [0.25, 0.3) is 5.69 Å². The van der Waals surface area contributed by atoms with Gasteiger partial charge in [-0.25, -0.2) is 4.98 Å². The summed E-state index contributed by atoms with van der Waals surface area (Å²) in [4.78, 5) is 25.1. The number of methoxy groups -OCH3 is 1. The fourth-order valence-corrected chi connectivity index (χ4v) is 4.63. The molecule has 0 saturated carbocycles. The van der Waals surface area contributed by atoms with Gasteiger partial charge in [0.15, 0.2) is 0 Å². The zero-order valence-electron chi connectivity index (χ0n) is 18.6. The number of halogens is 1. The summed E-state index contributed by atoms with van der Waals surface area (Å²) in [6, 6.07) is 0. The van der Waals surface area contributed by atoms with Crippen molar-refractivity contribution in [1.82, 2.24) is 14.9 Å². The van der Waals surface area contributed by atoms with Gasteiger partial charge in [-0.05, 0) is 27.7 Å². The number of nitrogen functional groups attached to an aromatic ring is 1. The summed E-state index contributed by atoms with van der Waals surface area (Å²) in [6.45, 7) is 9.84. The first-order valence-electron chi connectivity index (χ1n) is 10.3. The molecule has 0 aliphatic carbocycles. The number of fused-ring (bicyclic) bond motifs is 1. The first kappa shape index (κ1) is 22.9. The van der Waals surface area contributed by atoms with E-state index in [-0.39, 0.29) is 22.9 Å². The van der Waals surface area contributed by atoms with Gasteiger partial charge < -0.3 is 20.3 Å². The van der Waals surface area contributed by atoms with E-state index in [0.717, 1.165) is 21.4 Å². The Hall–Kier alpha value is -2.81. The van der Waals surface area contributed by atoms with Crippen LogP contribution in [0.1, 0.15) is 48.6 Å². The number of pyridine rings is 1. The second kappa shape index (κ2) is 9.13. The third-order valence-electron chi connectivity index (χ3n) is 5.85. The molecule has 1 atom stereocenters. The van der Waals surface area contributed by atoms with E-state index in [4.69, 9.17) is 22.1 Å². The van der Waals surface area contributed by atoms with Gasteiger partial charge in [0, 0.05) is 42.3 Å². The molecule has 9 nitrogen and oxygen atoms in total. The third-order valence-corrected chi connectivity index (χ3v) is 6.14. The summed E-state index contributed by atoms with van der Waals surface area (Å²) in [7, 11) is 1.61. The second-order valence-corrected chi connectivity index (χ2v) is 8.08. The molecule has 1 unspecified atom stereocenters. The fraction of sp³-hybridized carbons (Fsp3) is 0.524. The molecule has 2 aromatic heterocycles. The molecule has 0 aromatic carbocycles. The van der Waals surface area contributed by atoms with Crippen LogP contribution in [0.2, 0.25) is 5.15 Å². The lowest BCUT2D eigenvalue weighted by molar-refractivity contribution is -0.910. The summed E-state index contributed by atoms with van der Waals surface area (Å²) in [5.41, 5.74) is 8.88. The van der Waals surface area contributed by atoms with Crippen molar-refractivity contribution in [3.05, 3.63) is 33.7 Å². The molecule has 168 valence electrons.